The molecular weight excluding hydrogens is 342 g/mol. The lowest BCUT2D eigenvalue weighted by Gasteiger charge is -2.13. The Morgan fingerprint density at radius 3 is 2.68 bits per heavy atom. The van der Waals surface area contributed by atoms with Crippen LogP contribution in [0.15, 0.2) is 52.4 Å². The summed E-state index contributed by atoms with van der Waals surface area (Å²) >= 11 is 5.97. The molecule has 7 heteroatoms. The van der Waals surface area contributed by atoms with Crippen LogP contribution in [0.25, 0.3) is 5.52 Å². The first-order chi connectivity index (χ1) is 11.9. The first-order valence-corrected chi connectivity index (χ1v) is 8.23. The fourth-order valence-electron chi connectivity index (χ4n) is 2.68. The number of halogens is 1. The van der Waals surface area contributed by atoms with Gasteiger partial charge in [0.15, 0.2) is 11.3 Å². The lowest BCUT2D eigenvalue weighted by Crippen LogP contribution is -2.26. The average molecular weight is 360 g/mol. The largest absolute Gasteiger partial charge is 0.502 e. The molecule has 130 valence electrons. The molecule has 0 radical (unpaired) electrons. The van der Waals surface area contributed by atoms with Gasteiger partial charge in [-0.05, 0) is 31.5 Å². The number of rotatable bonds is 4. The molecule has 6 nitrogen and oxygen atoms in total. The van der Waals surface area contributed by atoms with Crippen LogP contribution in [0.4, 0.5) is 5.69 Å². The van der Waals surface area contributed by atoms with Crippen LogP contribution in [0.1, 0.15) is 19.4 Å². The van der Waals surface area contributed by atoms with Crippen molar-refractivity contribution in [2.45, 2.75) is 26.4 Å². The summed E-state index contributed by atoms with van der Waals surface area (Å²) in [5.41, 5.74) is -0.000755. The number of aromatic hydroxyl groups is 1. The molecule has 0 saturated carbocycles. The molecule has 1 aromatic carbocycles. The number of nitrogens with one attached hydrogen (secondary N) is 1. The van der Waals surface area contributed by atoms with Gasteiger partial charge >= 0.3 is 0 Å². The van der Waals surface area contributed by atoms with Crippen LogP contribution in [0, 0.1) is 0 Å². The summed E-state index contributed by atoms with van der Waals surface area (Å²) in [6, 6.07) is 7.19. The molecule has 0 saturated heterocycles. The van der Waals surface area contributed by atoms with Gasteiger partial charge < -0.3 is 19.4 Å². The third-order valence-electron chi connectivity index (χ3n) is 3.77. The minimum atomic E-state index is -0.591. The van der Waals surface area contributed by atoms with Gasteiger partial charge in [-0.25, -0.2) is 0 Å². The molecule has 25 heavy (non-hydrogen) atoms. The molecule has 3 rings (SSSR count). The number of hydrogen-bond acceptors (Lipinski definition) is 4. The second kappa shape index (κ2) is 6.64. The number of pyridine rings is 1. The van der Waals surface area contributed by atoms with Gasteiger partial charge in [0.1, 0.15) is 5.69 Å². The monoisotopic (exact) mass is 359 g/mol. The molecule has 0 fully saturated rings. The van der Waals surface area contributed by atoms with Crippen molar-refractivity contribution in [2.24, 2.45) is 0 Å². The van der Waals surface area contributed by atoms with Crippen molar-refractivity contribution < 1.29 is 5.11 Å². The van der Waals surface area contributed by atoms with Crippen molar-refractivity contribution in [3.63, 3.8) is 0 Å². The Labute approximate surface area is 148 Å². The van der Waals surface area contributed by atoms with E-state index in [0.717, 1.165) is 5.56 Å². The molecule has 0 bridgehead atoms. The number of anilines is 1. The topological polar surface area (TPSA) is 75.7 Å². The predicted molar refractivity (Wildman–Crippen MR) is 98.9 cm³/mol. The van der Waals surface area contributed by atoms with Crippen molar-refractivity contribution in [3.05, 3.63) is 74.0 Å². The van der Waals surface area contributed by atoms with E-state index in [-0.39, 0.29) is 23.8 Å². The van der Waals surface area contributed by atoms with Crippen LogP contribution in [-0.2, 0) is 6.54 Å². The maximum absolute atomic E-state index is 12.7. The molecule has 2 aromatic heterocycles. The Morgan fingerprint density at radius 2 is 2.00 bits per heavy atom. The second-order valence-corrected chi connectivity index (χ2v) is 6.57. The first kappa shape index (κ1) is 17.1. The zero-order valence-corrected chi connectivity index (χ0v) is 14.6. The molecule has 0 atom stereocenters. The Kier molecular flexibility index (Phi) is 4.55. The fraction of sp³-hybridized carbons (Fsp3) is 0.222. The number of hydrogen-bond donors (Lipinski definition) is 2. The highest BCUT2D eigenvalue weighted by Crippen LogP contribution is 2.15. The van der Waals surface area contributed by atoms with E-state index in [1.54, 1.807) is 30.6 Å². The van der Waals surface area contributed by atoms with Crippen molar-refractivity contribution in [3.8, 4) is 5.75 Å². The Hall–Kier alpha value is -2.73. The van der Waals surface area contributed by atoms with Crippen LogP contribution >= 0.6 is 11.6 Å². The summed E-state index contributed by atoms with van der Waals surface area (Å²) < 4.78 is 2.88. The highest BCUT2D eigenvalue weighted by molar-refractivity contribution is 6.30. The summed E-state index contributed by atoms with van der Waals surface area (Å²) in [5.74, 6) is -0.559. The van der Waals surface area contributed by atoms with Crippen LogP contribution in [0.3, 0.4) is 0 Å². The van der Waals surface area contributed by atoms with E-state index in [4.69, 9.17) is 11.6 Å². The highest BCUT2D eigenvalue weighted by atomic mass is 35.5. The van der Waals surface area contributed by atoms with Gasteiger partial charge in [-0.3, -0.25) is 9.59 Å². The van der Waals surface area contributed by atoms with E-state index in [0.29, 0.717) is 5.02 Å². The van der Waals surface area contributed by atoms with E-state index in [9.17, 15) is 14.7 Å². The van der Waals surface area contributed by atoms with E-state index in [1.165, 1.54) is 15.2 Å². The normalized spacial score (nSPS) is 11.2. The van der Waals surface area contributed by atoms with Crippen molar-refractivity contribution in [2.75, 3.05) is 5.32 Å². The number of aromatic nitrogens is 2. The van der Waals surface area contributed by atoms with Crippen LogP contribution in [0.2, 0.25) is 5.02 Å². The van der Waals surface area contributed by atoms with E-state index in [1.807, 2.05) is 19.9 Å². The molecule has 0 amide bonds. The minimum Gasteiger partial charge on any atom is -0.502 e. The fourth-order valence-corrected chi connectivity index (χ4v) is 2.89. The molecule has 2 heterocycles. The van der Waals surface area contributed by atoms with Gasteiger partial charge in [0.25, 0.3) is 5.56 Å². The molecule has 0 aliphatic rings. The lowest BCUT2D eigenvalue weighted by molar-refractivity contribution is 0.472. The third-order valence-corrected chi connectivity index (χ3v) is 4.00. The van der Waals surface area contributed by atoms with Gasteiger partial charge in [-0.15, -0.1) is 0 Å². The molecule has 0 aliphatic heterocycles. The van der Waals surface area contributed by atoms with E-state index in [2.05, 4.69) is 5.32 Å². The molecule has 2 N–H and O–H groups in total. The molecule has 0 unspecified atom stereocenters. The van der Waals surface area contributed by atoms with Crippen molar-refractivity contribution >= 4 is 22.8 Å². The summed E-state index contributed by atoms with van der Waals surface area (Å²) in [5, 5.41) is 13.8. The second-order valence-electron chi connectivity index (χ2n) is 6.14. The number of nitrogens with zero attached hydrogens (tertiary/aromatic N) is 2. The standard InChI is InChI=1S/C18H18ClN3O3/c1-11(2)20-14-10-21-6-7-22(9-12-4-3-5-13(19)8-12)18(25)15(21)17(24)16(14)23/h3-8,10-11,20,24H,9H2,1-2H3. The van der Waals surface area contributed by atoms with Crippen molar-refractivity contribution in [1.82, 2.24) is 8.97 Å². The summed E-state index contributed by atoms with van der Waals surface area (Å²) in [7, 11) is 0. The summed E-state index contributed by atoms with van der Waals surface area (Å²) in [6.07, 6.45) is 4.76. The van der Waals surface area contributed by atoms with E-state index < -0.39 is 16.7 Å². The quantitative estimate of drug-likeness (QED) is 0.751. The highest BCUT2D eigenvalue weighted by Gasteiger charge is 2.15. The lowest BCUT2D eigenvalue weighted by atomic mass is 10.2. The maximum Gasteiger partial charge on any atom is 0.279 e. The zero-order valence-electron chi connectivity index (χ0n) is 13.9. The van der Waals surface area contributed by atoms with Gasteiger partial charge in [0.2, 0.25) is 5.43 Å². The average Bonchev–Trinajstić information content (AvgIpc) is 2.54. The minimum absolute atomic E-state index is 0.0216. The maximum atomic E-state index is 12.7. The molecule has 0 aliphatic carbocycles. The van der Waals surface area contributed by atoms with Crippen LogP contribution in [0.5, 0.6) is 5.75 Å². The smallest absolute Gasteiger partial charge is 0.279 e. The number of benzene rings is 1. The van der Waals surface area contributed by atoms with Crippen molar-refractivity contribution in [1.29, 1.82) is 0 Å². The summed E-state index contributed by atoms with van der Waals surface area (Å²) in [6.45, 7) is 4.05. The SMILES string of the molecule is CC(C)Nc1cn2ccn(Cc3cccc(Cl)c3)c(=O)c2c(O)c1=O. The Morgan fingerprint density at radius 1 is 1.24 bits per heavy atom. The van der Waals surface area contributed by atoms with Gasteiger partial charge in [-0.2, -0.15) is 0 Å². The van der Waals surface area contributed by atoms with Crippen LogP contribution in [-0.4, -0.2) is 20.1 Å². The first-order valence-electron chi connectivity index (χ1n) is 7.85. The summed E-state index contributed by atoms with van der Waals surface area (Å²) in [4.78, 5) is 25.0. The molecule has 0 spiro atoms. The number of fused-ring (bicyclic) bond motifs is 1. The van der Waals surface area contributed by atoms with Gasteiger partial charge in [0.05, 0.1) is 6.54 Å². The zero-order chi connectivity index (χ0) is 18.1. The Bertz CT molecular complexity index is 1050. The van der Waals surface area contributed by atoms with Gasteiger partial charge in [0, 0.05) is 29.7 Å². The molecular formula is C18H18ClN3O3. The predicted octanol–water partition coefficient (Wildman–Crippen LogP) is 2.69. The molecule has 3 aromatic rings. The third kappa shape index (κ3) is 3.39. The van der Waals surface area contributed by atoms with E-state index >= 15 is 0 Å². The van der Waals surface area contributed by atoms with Crippen LogP contribution < -0.4 is 16.3 Å². The Balaban J connectivity index is 2.12. The van der Waals surface area contributed by atoms with Gasteiger partial charge in [-0.1, -0.05) is 23.7 Å².